The summed E-state index contributed by atoms with van der Waals surface area (Å²) < 4.78 is 5.98. The van der Waals surface area contributed by atoms with E-state index in [9.17, 15) is 24.3 Å². The molecule has 1 aromatic carbocycles. The Labute approximate surface area is 295 Å². The van der Waals surface area contributed by atoms with Crippen LogP contribution in [0.25, 0.3) is 0 Å². The van der Waals surface area contributed by atoms with Crippen molar-refractivity contribution in [2.45, 2.75) is 130 Å². The second-order valence-electron chi connectivity index (χ2n) is 14.7. The van der Waals surface area contributed by atoms with Crippen LogP contribution in [0.3, 0.4) is 0 Å². The van der Waals surface area contributed by atoms with Gasteiger partial charge in [-0.2, -0.15) is 0 Å². The van der Waals surface area contributed by atoms with Crippen LogP contribution in [0.4, 0.5) is 0 Å². The van der Waals surface area contributed by atoms with Crippen molar-refractivity contribution in [2.24, 2.45) is 23.7 Å². The van der Waals surface area contributed by atoms with Gasteiger partial charge in [0.2, 0.25) is 23.6 Å². The van der Waals surface area contributed by atoms with Gasteiger partial charge in [0.15, 0.2) is 0 Å². The molecule has 2 rings (SSSR count). The monoisotopic (exact) mass is 687 g/mol. The van der Waals surface area contributed by atoms with E-state index < -0.39 is 36.4 Å². The summed E-state index contributed by atoms with van der Waals surface area (Å²) in [7, 11) is 5.05. The number of nitrogens with one attached hydrogen (secondary N) is 3. The van der Waals surface area contributed by atoms with Crippen molar-refractivity contribution in [1.82, 2.24) is 25.8 Å². The summed E-state index contributed by atoms with van der Waals surface area (Å²) in [5.74, 6) is -1.11. The number of benzene rings is 1. The summed E-state index contributed by atoms with van der Waals surface area (Å²) >= 11 is 0. The van der Waals surface area contributed by atoms with Crippen LogP contribution in [-0.2, 0) is 23.9 Å². The lowest BCUT2D eigenvalue weighted by Crippen LogP contribution is -2.59. The first kappa shape index (κ1) is 42.1. The molecule has 1 saturated heterocycles. The molecule has 1 aliphatic heterocycles. The van der Waals surface area contributed by atoms with Gasteiger partial charge in [0.1, 0.15) is 6.04 Å². The summed E-state index contributed by atoms with van der Waals surface area (Å²) in [4.78, 5) is 57.8. The first-order valence-corrected chi connectivity index (χ1v) is 18.2. The molecular formula is C38H65N5O6. The van der Waals surface area contributed by atoms with E-state index in [1.165, 1.54) is 0 Å². The van der Waals surface area contributed by atoms with Crippen LogP contribution in [-0.4, -0.2) is 103 Å². The molecule has 1 aliphatic rings. The number of likely N-dealkylation sites (N-methyl/N-ethyl adjacent to an activating group) is 2. The maximum absolute atomic E-state index is 14.0. The maximum atomic E-state index is 14.0. The van der Waals surface area contributed by atoms with Crippen molar-refractivity contribution in [1.29, 1.82) is 0 Å². The Bertz CT molecular complexity index is 1200. The molecule has 1 fully saturated rings. The number of rotatable bonds is 19. The molecule has 4 N–H and O–H groups in total. The van der Waals surface area contributed by atoms with E-state index in [-0.39, 0.29) is 59.8 Å². The van der Waals surface area contributed by atoms with Gasteiger partial charge < -0.3 is 35.6 Å². The topological polar surface area (TPSA) is 140 Å². The van der Waals surface area contributed by atoms with E-state index in [1.54, 1.807) is 33.0 Å². The highest BCUT2D eigenvalue weighted by molar-refractivity contribution is 5.90. The number of aliphatic hydroxyl groups excluding tert-OH is 1. The molecule has 49 heavy (non-hydrogen) atoms. The van der Waals surface area contributed by atoms with Crippen LogP contribution < -0.4 is 16.0 Å². The molecule has 9 atom stereocenters. The average Bonchev–Trinajstić information content (AvgIpc) is 3.54. The third kappa shape index (κ3) is 11.5. The summed E-state index contributed by atoms with van der Waals surface area (Å²) in [5.41, 5.74) is 0.740. The average molecular weight is 688 g/mol. The summed E-state index contributed by atoms with van der Waals surface area (Å²) in [6, 6.07) is 7.12. The zero-order chi connectivity index (χ0) is 37.0. The smallest absolute Gasteiger partial charge is 0.245 e. The number of ether oxygens (including phenoxy) is 1. The molecule has 0 spiro atoms. The molecule has 0 saturated carbocycles. The molecule has 0 bridgehead atoms. The number of carbonyl (C=O) groups excluding carboxylic acids is 4. The number of aliphatic hydroxyl groups is 1. The second-order valence-corrected chi connectivity index (χ2v) is 14.7. The molecule has 1 aromatic rings. The van der Waals surface area contributed by atoms with Gasteiger partial charge in [0.25, 0.3) is 0 Å². The molecule has 4 amide bonds. The van der Waals surface area contributed by atoms with Crippen LogP contribution in [0.1, 0.15) is 99.2 Å². The number of amides is 4. The summed E-state index contributed by atoms with van der Waals surface area (Å²) in [6.45, 7) is 16.1. The molecule has 278 valence electrons. The number of hydrogen-bond acceptors (Lipinski definition) is 7. The van der Waals surface area contributed by atoms with Gasteiger partial charge in [0, 0.05) is 32.7 Å². The minimum atomic E-state index is -0.825. The Kier molecular flexibility index (Phi) is 17.2. The van der Waals surface area contributed by atoms with Gasteiger partial charge in [-0.1, -0.05) is 85.2 Å². The Morgan fingerprint density at radius 1 is 0.959 bits per heavy atom. The van der Waals surface area contributed by atoms with Gasteiger partial charge in [0.05, 0.1) is 36.8 Å². The summed E-state index contributed by atoms with van der Waals surface area (Å²) in [5, 5.41) is 19.7. The van der Waals surface area contributed by atoms with Crippen LogP contribution in [0.5, 0.6) is 0 Å². The third-order valence-corrected chi connectivity index (χ3v) is 10.3. The van der Waals surface area contributed by atoms with Crippen molar-refractivity contribution in [2.75, 3.05) is 27.7 Å². The van der Waals surface area contributed by atoms with E-state index in [0.29, 0.717) is 13.0 Å². The number of hydrogen-bond donors (Lipinski definition) is 4. The van der Waals surface area contributed by atoms with Crippen molar-refractivity contribution in [3.05, 3.63) is 35.9 Å². The predicted octanol–water partition coefficient (Wildman–Crippen LogP) is 3.90. The fourth-order valence-electron chi connectivity index (χ4n) is 7.07. The predicted molar refractivity (Wildman–Crippen MR) is 193 cm³/mol. The third-order valence-electron chi connectivity index (χ3n) is 10.3. The standard InChI is InChI=1S/C38H65N5O6/c1-12-25(6)34(42(10)38(48)33(24(4)5)41-37(47)32(39-9)23(2)3)30(49-11)22-31(44)43-20-16-19-29(43)21-26(7)36(46)40-27(8)35(45)28-17-14-13-15-18-28/h13-15,17-18,23-27,29-30,32-35,39,45H,12,16,19-22H2,1-11H3,(H,40,46)(H,41,47)/t25-,26?,27+,29-,30+,32-,33-,34-,35+/m0/s1. The van der Waals surface area contributed by atoms with Gasteiger partial charge >= 0.3 is 0 Å². The zero-order valence-corrected chi connectivity index (χ0v) is 31.9. The molecule has 0 radical (unpaired) electrons. The lowest BCUT2D eigenvalue weighted by molar-refractivity contribution is -0.146. The highest BCUT2D eigenvalue weighted by Crippen LogP contribution is 2.28. The van der Waals surface area contributed by atoms with Crippen molar-refractivity contribution < 1.29 is 29.0 Å². The number of methoxy groups -OCH3 is 1. The lowest BCUT2D eigenvalue weighted by Gasteiger charge is -2.40. The fourth-order valence-corrected chi connectivity index (χ4v) is 7.07. The van der Waals surface area contributed by atoms with Crippen molar-refractivity contribution in [3.8, 4) is 0 Å². The van der Waals surface area contributed by atoms with E-state index >= 15 is 0 Å². The number of carbonyl (C=O) groups is 4. The minimum Gasteiger partial charge on any atom is -0.386 e. The summed E-state index contributed by atoms with van der Waals surface area (Å²) in [6.07, 6.45) is 1.62. The van der Waals surface area contributed by atoms with E-state index in [4.69, 9.17) is 4.74 Å². The van der Waals surface area contributed by atoms with E-state index in [2.05, 4.69) is 29.8 Å². The van der Waals surface area contributed by atoms with Crippen LogP contribution in [0.15, 0.2) is 30.3 Å². The zero-order valence-electron chi connectivity index (χ0n) is 31.9. The SMILES string of the molecule is CC[C@H](C)[C@@H]([C@@H](CC(=O)N1CCC[C@H]1CC(C)C(=O)N[C@H](C)[C@@H](O)c1ccccc1)OC)N(C)C(=O)[C@@H](NC(=O)[C@@H](NC)C(C)C)C(C)C. The Morgan fingerprint density at radius 2 is 1.57 bits per heavy atom. The van der Waals surface area contributed by atoms with Crippen molar-refractivity contribution >= 4 is 23.6 Å². The first-order valence-electron chi connectivity index (χ1n) is 18.2. The molecule has 0 aliphatic carbocycles. The van der Waals surface area contributed by atoms with Gasteiger partial charge in [-0.25, -0.2) is 0 Å². The van der Waals surface area contributed by atoms with E-state index in [0.717, 1.165) is 24.8 Å². The Morgan fingerprint density at radius 3 is 2.10 bits per heavy atom. The first-order chi connectivity index (χ1) is 23.1. The Hall–Kier alpha value is -3.02. The Balaban J connectivity index is 2.15. The van der Waals surface area contributed by atoms with Crippen molar-refractivity contribution in [3.63, 3.8) is 0 Å². The van der Waals surface area contributed by atoms with Gasteiger partial charge in [-0.3, -0.25) is 19.2 Å². The highest BCUT2D eigenvalue weighted by atomic mass is 16.5. The molecule has 1 heterocycles. The van der Waals surface area contributed by atoms with Crippen LogP contribution >= 0.6 is 0 Å². The molecule has 0 aromatic heterocycles. The number of nitrogens with zero attached hydrogens (tertiary/aromatic N) is 2. The normalized spacial score (nSPS) is 19.8. The second kappa shape index (κ2) is 20.0. The van der Waals surface area contributed by atoms with E-state index in [1.807, 2.05) is 69.9 Å². The minimum absolute atomic E-state index is 0.0160. The lowest BCUT2D eigenvalue weighted by atomic mass is 9.89. The molecule has 11 nitrogen and oxygen atoms in total. The number of likely N-dealkylation sites (tertiary alicyclic amines) is 1. The van der Waals surface area contributed by atoms with Crippen LogP contribution in [0, 0.1) is 23.7 Å². The van der Waals surface area contributed by atoms with Gasteiger partial charge in [-0.05, 0) is 56.6 Å². The van der Waals surface area contributed by atoms with Gasteiger partial charge in [-0.15, -0.1) is 0 Å². The molecule has 11 heteroatoms. The molecular weight excluding hydrogens is 622 g/mol. The highest BCUT2D eigenvalue weighted by Gasteiger charge is 2.40. The quantitative estimate of drug-likeness (QED) is 0.173. The largest absolute Gasteiger partial charge is 0.386 e. The maximum Gasteiger partial charge on any atom is 0.245 e. The van der Waals surface area contributed by atoms with Crippen LogP contribution in [0.2, 0.25) is 0 Å². The molecule has 1 unspecified atom stereocenters. The fraction of sp³-hybridized carbons (Fsp3) is 0.737.